The summed E-state index contributed by atoms with van der Waals surface area (Å²) in [6.07, 6.45) is 4.31. The summed E-state index contributed by atoms with van der Waals surface area (Å²) in [4.78, 5) is 30.9. The fraction of sp³-hybridized carbons (Fsp3) is 0.393. The molecule has 1 unspecified atom stereocenters. The quantitative estimate of drug-likeness (QED) is 0.332. The van der Waals surface area contributed by atoms with Crippen molar-refractivity contribution in [2.45, 2.75) is 58.5 Å². The Morgan fingerprint density at radius 2 is 1.97 bits per heavy atom. The van der Waals surface area contributed by atoms with E-state index in [1.54, 1.807) is 22.5 Å². The Morgan fingerprint density at radius 3 is 2.72 bits per heavy atom. The number of nitrogens with zero attached hydrogens (tertiary/aromatic N) is 5. The molecule has 10 nitrogen and oxygen atoms in total. The number of hydrogen-bond acceptors (Lipinski definition) is 7. The van der Waals surface area contributed by atoms with E-state index in [9.17, 15) is 9.59 Å². The second kappa shape index (κ2) is 11.1. The first-order valence-electron chi connectivity index (χ1n) is 13.0. The molecule has 11 heteroatoms. The van der Waals surface area contributed by atoms with Gasteiger partial charge in [-0.3, -0.25) is 14.3 Å². The third-order valence-corrected chi connectivity index (χ3v) is 7.24. The molecule has 1 amide bonds. The van der Waals surface area contributed by atoms with E-state index in [1.165, 1.54) is 6.20 Å². The molecule has 1 N–H and O–H groups in total. The van der Waals surface area contributed by atoms with Crippen molar-refractivity contribution in [1.29, 1.82) is 0 Å². The van der Waals surface area contributed by atoms with Gasteiger partial charge in [-0.25, -0.2) is 9.67 Å². The maximum Gasteiger partial charge on any atom is 0.295 e. The van der Waals surface area contributed by atoms with Gasteiger partial charge in [-0.05, 0) is 58.2 Å². The fourth-order valence-corrected chi connectivity index (χ4v) is 5.15. The molecule has 1 fully saturated rings. The van der Waals surface area contributed by atoms with Crippen LogP contribution in [0.2, 0.25) is 5.02 Å². The average Bonchev–Trinajstić information content (AvgIpc) is 3.50. The first-order valence-corrected chi connectivity index (χ1v) is 13.4. The van der Waals surface area contributed by atoms with Gasteiger partial charge < -0.3 is 14.5 Å². The smallest absolute Gasteiger partial charge is 0.295 e. The van der Waals surface area contributed by atoms with Crippen LogP contribution in [0.3, 0.4) is 0 Å². The molecule has 1 saturated carbocycles. The Hall–Kier alpha value is -3.92. The third-order valence-electron chi connectivity index (χ3n) is 7.03. The van der Waals surface area contributed by atoms with E-state index in [0.717, 1.165) is 18.5 Å². The second-order valence-corrected chi connectivity index (χ2v) is 10.5. The van der Waals surface area contributed by atoms with Crippen molar-refractivity contribution >= 4 is 23.2 Å². The minimum Gasteiger partial charge on any atom is -0.474 e. The van der Waals surface area contributed by atoms with E-state index >= 15 is 0 Å². The Labute approximate surface area is 231 Å². The molecule has 5 rings (SSSR count). The van der Waals surface area contributed by atoms with Gasteiger partial charge in [0.15, 0.2) is 0 Å². The molecule has 0 aliphatic heterocycles. The van der Waals surface area contributed by atoms with Crippen molar-refractivity contribution < 1.29 is 13.9 Å². The highest BCUT2D eigenvalue weighted by Gasteiger charge is 2.32. The molecule has 0 bridgehead atoms. The first kappa shape index (κ1) is 26.7. The van der Waals surface area contributed by atoms with Gasteiger partial charge in [-0.15, -0.1) is 10.2 Å². The largest absolute Gasteiger partial charge is 0.474 e. The monoisotopic (exact) mass is 550 g/mol. The summed E-state index contributed by atoms with van der Waals surface area (Å²) < 4.78 is 15.1. The van der Waals surface area contributed by atoms with Crippen molar-refractivity contribution in [1.82, 2.24) is 24.5 Å². The predicted molar refractivity (Wildman–Crippen MR) is 147 cm³/mol. The molecule has 4 aromatic rings. The number of pyridine rings is 1. The average molecular weight is 551 g/mol. The molecule has 3 aromatic heterocycles. The minimum atomic E-state index is -0.295. The maximum atomic E-state index is 13.3. The number of amides is 1. The number of hydrogen-bond donors (Lipinski definition) is 1. The van der Waals surface area contributed by atoms with Crippen molar-refractivity contribution in [2.24, 2.45) is 13.0 Å². The van der Waals surface area contributed by atoms with Gasteiger partial charge in [0.25, 0.3) is 11.4 Å². The van der Waals surface area contributed by atoms with Gasteiger partial charge in [0.2, 0.25) is 17.7 Å². The minimum absolute atomic E-state index is 0.0878. The molecule has 3 heterocycles. The van der Waals surface area contributed by atoms with Crippen LogP contribution in [-0.4, -0.2) is 36.6 Å². The van der Waals surface area contributed by atoms with E-state index in [4.69, 9.17) is 20.8 Å². The summed E-state index contributed by atoms with van der Waals surface area (Å²) in [5.41, 5.74) is 1.96. The Morgan fingerprint density at radius 1 is 1.21 bits per heavy atom. The molecule has 0 radical (unpaired) electrons. The fourth-order valence-electron chi connectivity index (χ4n) is 5.00. The van der Waals surface area contributed by atoms with Crippen LogP contribution in [-0.2, 0) is 11.8 Å². The highest BCUT2D eigenvalue weighted by Crippen LogP contribution is 2.38. The summed E-state index contributed by atoms with van der Waals surface area (Å²) in [6, 6.07) is 11.0. The van der Waals surface area contributed by atoms with Crippen LogP contribution >= 0.6 is 11.6 Å². The van der Waals surface area contributed by atoms with Crippen molar-refractivity contribution in [3.05, 3.63) is 69.6 Å². The van der Waals surface area contributed by atoms with Gasteiger partial charge in [0, 0.05) is 25.1 Å². The Bertz CT molecular complexity index is 1540. The van der Waals surface area contributed by atoms with Gasteiger partial charge in [-0.2, -0.15) is 0 Å². The van der Waals surface area contributed by atoms with Crippen LogP contribution in [0.1, 0.15) is 57.0 Å². The molecular formula is C28H31ClN6O4. The van der Waals surface area contributed by atoms with E-state index in [0.29, 0.717) is 46.6 Å². The van der Waals surface area contributed by atoms with Gasteiger partial charge in [-0.1, -0.05) is 36.2 Å². The molecule has 39 heavy (non-hydrogen) atoms. The van der Waals surface area contributed by atoms with E-state index in [2.05, 4.69) is 20.5 Å². The number of carbonyl (C=O) groups excluding carboxylic acids is 1. The molecule has 1 aliphatic rings. The number of benzene rings is 1. The number of para-hydroxylation sites is 1. The number of halogens is 1. The van der Waals surface area contributed by atoms with Crippen molar-refractivity contribution in [2.75, 3.05) is 5.32 Å². The topological polar surface area (TPSA) is 117 Å². The number of aromatic nitrogens is 5. The van der Waals surface area contributed by atoms with E-state index in [-0.39, 0.29) is 35.3 Å². The first-order chi connectivity index (χ1) is 18.7. The van der Waals surface area contributed by atoms with E-state index < -0.39 is 0 Å². The van der Waals surface area contributed by atoms with Crippen LogP contribution in [0.25, 0.3) is 17.1 Å². The molecule has 1 aliphatic carbocycles. The molecule has 1 aromatic carbocycles. The summed E-state index contributed by atoms with van der Waals surface area (Å²) in [6.45, 7) is 5.63. The summed E-state index contributed by atoms with van der Waals surface area (Å²) >= 11 is 6.17. The molecule has 0 spiro atoms. The van der Waals surface area contributed by atoms with Crippen LogP contribution in [0, 0.1) is 12.8 Å². The summed E-state index contributed by atoms with van der Waals surface area (Å²) in [5, 5.41) is 11.9. The van der Waals surface area contributed by atoms with Crippen LogP contribution in [0.15, 0.2) is 51.8 Å². The lowest BCUT2D eigenvalue weighted by Gasteiger charge is -2.26. The third kappa shape index (κ3) is 5.47. The Balaban J connectivity index is 1.33. The zero-order valence-electron chi connectivity index (χ0n) is 22.3. The number of ether oxygens (including phenoxy) is 1. The highest BCUT2D eigenvalue weighted by molar-refractivity contribution is 6.30. The van der Waals surface area contributed by atoms with Crippen LogP contribution in [0.4, 0.5) is 5.69 Å². The zero-order valence-corrected chi connectivity index (χ0v) is 23.1. The van der Waals surface area contributed by atoms with Crippen molar-refractivity contribution in [3.63, 3.8) is 0 Å². The lowest BCUT2D eigenvalue weighted by molar-refractivity contribution is -0.121. The number of carbonyl (C=O) groups is 1. The lowest BCUT2D eigenvalue weighted by atomic mass is 9.81. The van der Waals surface area contributed by atoms with E-state index in [1.807, 2.05) is 51.1 Å². The van der Waals surface area contributed by atoms with Crippen molar-refractivity contribution in [3.8, 4) is 23.0 Å². The number of rotatable bonds is 7. The van der Waals surface area contributed by atoms with Gasteiger partial charge >= 0.3 is 0 Å². The SMILES string of the molecule is Cc1c(NC(=O)[C@@H]2CCCC(c3nnc(-c4cc(Cl)cnc4OC(C)C)o3)C2)c(=O)n(-c2ccccc2)n1C. The lowest BCUT2D eigenvalue weighted by Crippen LogP contribution is -2.30. The standard InChI is InChI=1S/C28H31ClN6O4/c1-16(2)38-26-22(14-20(29)15-30-26)27-33-32-25(39-27)19-10-8-9-18(13-19)24(36)31-23-17(3)34(4)35(28(23)37)21-11-6-5-7-12-21/h5-7,11-12,14-16,18-19H,8-10,13H2,1-4H3,(H,31,36)/t18-,19?/m1/s1. The van der Waals surface area contributed by atoms with Gasteiger partial charge in [0.1, 0.15) is 11.3 Å². The highest BCUT2D eigenvalue weighted by atomic mass is 35.5. The molecular weight excluding hydrogens is 520 g/mol. The molecule has 0 saturated heterocycles. The van der Waals surface area contributed by atoms with Crippen LogP contribution < -0.4 is 15.6 Å². The molecule has 204 valence electrons. The molecule has 2 atom stereocenters. The zero-order chi connectivity index (χ0) is 27.7. The Kier molecular flexibility index (Phi) is 7.56. The van der Waals surface area contributed by atoms with Gasteiger partial charge in [0.05, 0.1) is 22.5 Å². The summed E-state index contributed by atoms with van der Waals surface area (Å²) in [7, 11) is 1.80. The maximum absolute atomic E-state index is 13.3. The number of nitrogens with one attached hydrogen (secondary N) is 1. The normalized spacial score (nSPS) is 17.4. The van der Waals surface area contributed by atoms with Crippen LogP contribution in [0.5, 0.6) is 5.88 Å². The number of anilines is 1. The predicted octanol–water partition coefficient (Wildman–Crippen LogP) is 5.28. The second-order valence-electron chi connectivity index (χ2n) is 10.1. The summed E-state index contributed by atoms with van der Waals surface area (Å²) in [5.74, 6) is 0.525.